The maximum absolute atomic E-state index is 4.20. The van der Waals surface area contributed by atoms with Crippen LogP contribution in [-0.4, -0.2) is 11.5 Å². The van der Waals surface area contributed by atoms with E-state index < -0.39 is 0 Å². The van der Waals surface area contributed by atoms with Crippen molar-refractivity contribution in [2.45, 2.75) is 74.3 Å². The molecule has 1 N–H and O–H groups in total. The summed E-state index contributed by atoms with van der Waals surface area (Å²) in [5, 5.41) is 3.54. The van der Waals surface area contributed by atoms with Gasteiger partial charge < -0.3 is 5.32 Å². The zero-order valence-corrected chi connectivity index (χ0v) is 17.8. The highest BCUT2D eigenvalue weighted by molar-refractivity contribution is 5.67. The molecular formula is C23H40N2. The molecule has 2 aromatic rings. The van der Waals surface area contributed by atoms with Crippen molar-refractivity contribution < 1.29 is 0 Å². The molecule has 0 saturated carbocycles. The van der Waals surface area contributed by atoms with E-state index in [0.29, 0.717) is 6.04 Å². The van der Waals surface area contributed by atoms with Crippen LogP contribution < -0.4 is 5.32 Å². The van der Waals surface area contributed by atoms with Crippen molar-refractivity contribution in [3.8, 4) is 11.1 Å². The van der Waals surface area contributed by atoms with Gasteiger partial charge in [-0.15, -0.1) is 0 Å². The summed E-state index contributed by atoms with van der Waals surface area (Å²) in [7, 11) is 0. The number of aromatic nitrogens is 1. The third-order valence-corrected chi connectivity index (χ3v) is 3.10. The standard InChI is InChI=1S/C16H20N2.C3H8.2C2H6/c1-3-10-18-13(2)15-8-4-5-9-16(15)14-7-6-11-17-12-14;1-3-2;2*1-2/h4-9,11-13,18H,3,10H2,1-2H3;3H2,1-2H3;2*1-2H3. The van der Waals surface area contributed by atoms with Gasteiger partial charge in [0.1, 0.15) is 0 Å². The second-order valence-electron chi connectivity index (χ2n) is 5.21. The van der Waals surface area contributed by atoms with Crippen molar-refractivity contribution >= 4 is 0 Å². The Kier molecular flexibility index (Phi) is 19.1. The number of hydrogen-bond acceptors (Lipinski definition) is 2. The van der Waals surface area contributed by atoms with Gasteiger partial charge in [0.25, 0.3) is 0 Å². The molecule has 1 aromatic heterocycles. The Balaban J connectivity index is 0. The smallest absolute Gasteiger partial charge is 0.0346 e. The SMILES string of the molecule is CC.CC.CCC.CCCNC(C)c1ccccc1-c1cccnc1. The van der Waals surface area contributed by atoms with Crippen LogP contribution in [-0.2, 0) is 0 Å². The number of nitrogens with zero attached hydrogens (tertiary/aromatic N) is 1. The van der Waals surface area contributed by atoms with Gasteiger partial charge in [0.05, 0.1) is 0 Å². The number of nitrogens with one attached hydrogen (secondary N) is 1. The molecule has 1 atom stereocenters. The van der Waals surface area contributed by atoms with Gasteiger partial charge in [0.2, 0.25) is 0 Å². The lowest BCUT2D eigenvalue weighted by atomic mass is 9.96. The fourth-order valence-corrected chi connectivity index (χ4v) is 2.13. The van der Waals surface area contributed by atoms with Crippen molar-refractivity contribution in [2.24, 2.45) is 0 Å². The summed E-state index contributed by atoms with van der Waals surface area (Å²) in [6.45, 7) is 17.7. The van der Waals surface area contributed by atoms with Gasteiger partial charge in [-0.2, -0.15) is 0 Å². The molecule has 2 rings (SSSR count). The molecule has 2 heteroatoms. The average molecular weight is 345 g/mol. The molecule has 0 aliphatic carbocycles. The lowest BCUT2D eigenvalue weighted by molar-refractivity contribution is 0.571. The van der Waals surface area contributed by atoms with Crippen LogP contribution in [0.2, 0.25) is 0 Å². The first kappa shape index (κ1) is 25.6. The van der Waals surface area contributed by atoms with Crippen LogP contribution in [0.1, 0.15) is 79.8 Å². The largest absolute Gasteiger partial charge is 0.310 e. The molecule has 2 nitrogen and oxygen atoms in total. The molecule has 0 saturated heterocycles. The quantitative estimate of drug-likeness (QED) is 0.616. The molecule has 1 heterocycles. The Hall–Kier alpha value is -1.67. The Labute approximate surface area is 157 Å². The fourth-order valence-electron chi connectivity index (χ4n) is 2.13. The third kappa shape index (κ3) is 10.7. The van der Waals surface area contributed by atoms with Crippen LogP contribution >= 0.6 is 0 Å². The molecular weight excluding hydrogens is 304 g/mol. The lowest BCUT2D eigenvalue weighted by Gasteiger charge is -2.17. The summed E-state index contributed by atoms with van der Waals surface area (Å²) in [6, 6.07) is 13.0. The molecule has 0 amide bonds. The molecule has 142 valence electrons. The minimum absolute atomic E-state index is 0.362. The Morgan fingerprint density at radius 1 is 0.920 bits per heavy atom. The zero-order chi connectivity index (χ0) is 19.5. The summed E-state index contributed by atoms with van der Waals surface area (Å²) in [5.41, 5.74) is 3.78. The van der Waals surface area contributed by atoms with Crippen molar-refractivity contribution in [3.05, 3.63) is 54.4 Å². The van der Waals surface area contributed by atoms with Gasteiger partial charge in [-0.3, -0.25) is 4.98 Å². The van der Waals surface area contributed by atoms with Crippen LogP contribution in [0.3, 0.4) is 0 Å². The summed E-state index contributed by atoms with van der Waals surface area (Å²) in [5.74, 6) is 0. The molecule has 0 bridgehead atoms. The van der Waals surface area contributed by atoms with E-state index in [4.69, 9.17) is 0 Å². The molecule has 0 radical (unpaired) electrons. The van der Waals surface area contributed by atoms with E-state index in [1.807, 2.05) is 46.2 Å². The van der Waals surface area contributed by atoms with Gasteiger partial charge >= 0.3 is 0 Å². The number of hydrogen-bond donors (Lipinski definition) is 1. The van der Waals surface area contributed by atoms with Crippen molar-refractivity contribution in [3.63, 3.8) is 0 Å². The van der Waals surface area contributed by atoms with Crippen molar-refractivity contribution in [1.29, 1.82) is 0 Å². The number of benzene rings is 1. The van der Waals surface area contributed by atoms with Gasteiger partial charge in [-0.1, -0.05) is 85.2 Å². The second-order valence-corrected chi connectivity index (χ2v) is 5.21. The minimum Gasteiger partial charge on any atom is -0.310 e. The highest BCUT2D eigenvalue weighted by Gasteiger charge is 2.10. The zero-order valence-electron chi connectivity index (χ0n) is 17.8. The molecule has 1 aromatic carbocycles. The Morgan fingerprint density at radius 3 is 2.04 bits per heavy atom. The van der Waals surface area contributed by atoms with Crippen molar-refractivity contribution in [1.82, 2.24) is 10.3 Å². The van der Waals surface area contributed by atoms with Gasteiger partial charge in [-0.25, -0.2) is 0 Å². The maximum Gasteiger partial charge on any atom is 0.0346 e. The maximum atomic E-state index is 4.20. The second kappa shape index (κ2) is 18.7. The first-order valence-electron chi connectivity index (χ1n) is 9.97. The van der Waals surface area contributed by atoms with Crippen LogP contribution in [0.4, 0.5) is 0 Å². The molecule has 25 heavy (non-hydrogen) atoms. The summed E-state index contributed by atoms with van der Waals surface area (Å²) < 4.78 is 0. The van der Waals surface area contributed by atoms with E-state index in [0.717, 1.165) is 13.0 Å². The van der Waals surface area contributed by atoms with Crippen LogP contribution in [0, 0.1) is 0 Å². The predicted octanol–water partition coefficient (Wildman–Crippen LogP) is 7.28. The number of rotatable bonds is 5. The van der Waals surface area contributed by atoms with E-state index in [1.165, 1.54) is 23.1 Å². The van der Waals surface area contributed by atoms with Gasteiger partial charge in [0, 0.05) is 24.0 Å². The van der Waals surface area contributed by atoms with E-state index in [1.54, 1.807) is 0 Å². The molecule has 0 spiro atoms. The van der Waals surface area contributed by atoms with Crippen LogP contribution in [0.15, 0.2) is 48.8 Å². The molecule has 0 aliphatic rings. The highest BCUT2D eigenvalue weighted by atomic mass is 14.9. The molecule has 0 aliphatic heterocycles. The monoisotopic (exact) mass is 344 g/mol. The van der Waals surface area contributed by atoms with Crippen molar-refractivity contribution in [2.75, 3.05) is 6.54 Å². The van der Waals surface area contributed by atoms with E-state index in [-0.39, 0.29) is 0 Å². The molecule has 1 unspecified atom stereocenters. The van der Waals surface area contributed by atoms with Gasteiger partial charge in [-0.05, 0) is 37.1 Å². The van der Waals surface area contributed by atoms with E-state index >= 15 is 0 Å². The minimum atomic E-state index is 0.362. The number of pyridine rings is 1. The average Bonchev–Trinajstić information content (AvgIpc) is 2.70. The van der Waals surface area contributed by atoms with Crippen LogP contribution in [0.5, 0.6) is 0 Å². The van der Waals surface area contributed by atoms with E-state index in [2.05, 4.69) is 68.3 Å². The topological polar surface area (TPSA) is 24.9 Å². The third-order valence-electron chi connectivity index (χ3n) is 3.10. The normalized spacial score (nSPS) is 10.1. The summed E-state index contributed by atoms with van der Waals surface area (Å²) >= 11 is 0. The first-order valence-corrected chi connectivity index (χ1v) is 9.97. The van der Waals surface area contributed by atoms with Gasteiger partial charge in [0.15, 0.2) is 0 Å². The fraction of sp³-hybridized carbons (Fsp3) is 0.522. The van der Waals surface area contributed by atoms with E-state index in [9.17, 15) is 0 Å². The Bertz CT molecular complexity index is 494. The van der Waals surface area contributed by atoms with Crippen LogP contribution in [0.25, 0.3) is 11.1 Å². The highest BCUT2D eigenvalue weighted by Crippen LogP contribution is 2.27. The summed E-state index contributed by atoms with van der Waals surface area (Å²) in [4.78, 5) is 4.20. The first-order chi connectivity index (χ1) is 12.2. The Morgan fingerprint density at radius 2 is 1.52 bits per heavy atom. The summed E-state index contributed by atoms with van der Waals surface area (Å²) in [6.07, 6.45) is 6.13. The molecule has 0 fully saturated rings. The predicted molar refractivity (Wildman–Crippen MR) is 115 cm³/mol. The lowest BCUT2D eigenvalue weighted by Crippen LogP contribution is -2.19.